The van der Waals surface area contributed by atoms with E-state index in [4.69, 9.17) is 0 Å². The van der Waals surface area contributed by atoms with E-state index in [2.05, 4.69) is 20.5 Å². The number of aryl methyl sites for hydroxylation is 1. The molecule has 5 rings (SSSR count). The standard InChI is InChI=1S/C29H28F3N5O2/c1-19-7-8-23(35-27(38)20-5-4-6-21(15-20)29(30,31)32)17-26(19)37-18-34-25-10-9-22(16-24(25)28(37)39)33-11-14-36-12-2-3-13-36/h4-10,15-18,33H,2-3,11-14H2,1H3,(H,35,38). The first-order chi connectivity index (χ1) is 18.7. The first kappa shape index (κ1) is 26.4. The molecule has 1 aliphatic rings. The molecule has 1 fully saturated rings. The Morgan fingerprint density at radius 2 is 1.77 bits per heavy atom. The highest BCUT2D eigenvalue weighted by Gasteiger charge is 2.31. The van der Waals surface area contributed by atoms with Gasteiger partial charge in [0.15, 0.2) is 0 Å². The van der Waals surface area contributed by atoms with Gasteiger partial charge in [0.25, 0.3) is 11.5 Å². The van der Waals surface area contributed by atoms with E-state index in [1.54, 1.807) is 30.3 Å². The molecule has 0 bridgehead atoms. The predicted octanol–water partition coefficient (Wildman–Crippen LogP) is 5.47. The average molecular weight is 536 g/mol. The van der Waals surface area contributed by atoms with Gasteiger partial charge in [0.2, 0.25) is 0 Å². The highest BCUT2D eigenvalue weighted by atomic mass is 19.4. The first-order valence-electron chi connectivity index (χ1n) is 12.8. The number of nitrogens with zero attached hydrogens (tertiary/aromatic N) is 3. The van der Waals surface area contributed by atoms with Crippen LogP contribution in [-0.4, -0.2) is 46.5 Å². The number of benzene rings is 3. The van der Waals surface area contributed by atoms with Crippen LogP contribution in [0.3, 0.4) is 0 Å². The maximum Gasteiger partial charge on any atom is 0.416 e. The van der Waals surface area contributed by atoms with Crippen molar-refractivity contribution < 1.29 is 18.0 Å². The molecule has 1 amide bonds. The van der Waals surface area contributed by atoms with Gasteiger partial charge in [-0.1, -0.05) is 12.1 Å². The molecule has 202 valence electrons. The highest BCUT2D eigenvalue weighted by molar-refractivity contribution is 6.04. The van der Waals surface area contributed by atoms with Crippen LogP contribution < -0.4 is 16.2 Å². The van der Waals surface area contributed by atoms with Crippen molar-refractivity contribution in [3.63, 3.8) is 0 Å². The van der Waals surface area contributed by atoms with Crippen LogP contribution in [0.4, 0.5) is 24.5 Å². The number of aromatic nitrogens is 2. The smallest absolute Gasteiger partial charge is 0.384 e. The van der Waals surface area contributed by atoms with E-state index >= 15 is 0 Å². The summed E-state index contributed by atoms with van der Waals surface area (Å²) in [7, 11) is 0. The van der Waals surface area contributed by atoms with Gasteiger partial charge in [-0.15, -0.1) is 0 Å². The molecule has 1 aromatic heterocycles. The number of rotatable bonds is 7. The second kappa shape index (κ2) is 10.9. The van der Waals surface area contributed by atoms with E-state index in [1.807, 2.05) is 13.0 Å². The zero-order chi connectivity index (χ0) is 27.6. The summed E-state index contributed by atoms with van der Waals surface area (Å²) in [5, 5.41) is 6.46. The first-order valence-corrected chi connectivity index (χ1v) is 12.8. The number of carbonyl (C=O) groups excluding carboxylic acids is 1. The van der Waals surface area contributed by atoms with Crippen molar-refractivity contribution >= 4 is 28.2 Å². The van der Waals surface area contributed by atoms with Crippen molar-refractivity contribution in [2.75, 3.05) is 36.8 Å². The van der Waals surface area contributed by atoms with Crippen molar-refractivity contribution in [3.8, 4) is 5.69 Å². The number of hydrogen-bond acceptors (Lipinski definition) is 5. The fraction of sp³-hybridized carbons (Fsp3) is 0.276. The van der Waals surface area contributed by atoms with E-state index in [0.717, 1.165) is 49.6 Å². The number of nitrogens with one attached hydrogen (secondary N) is 2. The largest absolute Gasteiger partial charge is 0.416 e. The van der Waals surface area contributed by atoms with Gasteiger partial charge in [-0.2, -0.15) is 13.2 Å². The van der Waals surface area contributed by atoms with E-state index in [0.29, 0.717) is 22.3 Å². The van der Waals surface area contributed by atoms with Crippen molar-refractivity contribution in [2.45, 2.75) is 25.9 Å². The SMILES string of the molecule is Cc1ccc(NC(=O)c2cccc(C(F)(F)F)c2)cc1-n1cnc2ccc(NCCN3CCCC3)cc2c1=O. The molecule has 1 saturated heterocycles. The molecule has 4 aromatic rings. The number of halogens is 3. The second-order valence-electron chi connectivity index (χ2n) is 9.66. The van der Waals surface area contributed by atoms with Gasteiger partial charge in [0, 0.05) is 30.0 Å². The molecule has 7 nitrogen and oxygen atoms in total. The lowest BCUT2D eigenvalue weighted by Crippen LogP contribution is -2.26. The maximum absolute atomic E-state index is 13.5. The second-order valence-corrected chi connectivity index (χ2v) is 9.66. The molecule has 0 aliphatic carbocycles. The molecule has 10 heteroatoms. The summed E-state index contributed by atoms with van der Waals surface area (Å²) in [6.07, 6.45) is -0.653. The number of carbonyl (C=O) groups is 1. The number of fused-ring (bicyclic) bond motifs is 1. The van der Waals surface area contributed by atoms with Gasteiger partial charge >= 0.3 is 6.18 Å². The zero-order valence-corrected chi connectivity index (χ0v) is 21.4. The minimum Gasteiger partial charge on any atom is -0.384 e. The fourth-order valence-corrected chi connectivity index (χ4v) is 4.75. The van der Waals surface area contributed by atoms with Gasteiger partial charge in [0.05, 0.1) is 22.2 Å². The van der Waals surface area contributed by atoms with Crippen LogP contribution in [0.15, 0.2) is 71.8 Å². The van der Waals surface area contributed by atoms with Gasteiger partial charge in [-0.05, 0) is 86.9 Å². The van der Waals surface area contributed by atoms with E-state index in [1.165, 1.54) is 35.9 Å². The average Bonchev–Trinajstić information content (AvgIpc) is 3.44. The molecule has 0 unspecified atom stereocenters. The van der Waals surface area contributed by atoms with Crippen molar-refractivity contribution in [2.24, 2.45) is 0 Å². The molecular weight excluding hydrogens is 507 g/mol. The number of anilines is 2. The summed E-state index contributed by atoms with van der Waals surface area (Å²) in [5.74, 6) is -0.690. The number of alkyl halides is 3. The number of amides is 1. The van der Waals surface area contributed by atoms with Gasteiger partial charge in [0.1, 0.15) is 6.33 Å². The number of likely N-dealkylation sites (tertiary alicyclic amines) is 1. The van der Waals surface area contributed by atoms with Crippen LogP contribution in [0, 0.1) is 6.92 Å². The Bertz CT molecular complexity index is 1580. The summed E-state index contributed by atoms with van der Waals surface area (Å²) in [4.78, 5) is 33.1. The lowest BCUT2D eigenvalue weighted by atomic mass is 10.1. The van der Waals surface area contributed by atoms with Crippen molar-refractivity contribution in [3.05, 3.63) is 94.0 Å². The molecule has 0 spiro atoms. The van der Waals surface area contributed by atoms with Crippen LogP contribution in [-0.2, 0) is 6.18 Å². The highest BCUT2D eigenvalue weighted by Crippen LogP contribution is 2.30. The van der Waals surface area contributed by atoms with Gasteiger partial charge in [-0.3, -0.25) is 14.2 Å². The van der Waals surface area contributed by atoms with Crippen LogP contribution in [0.2, 0.25) is 0 Å². The lowest BCUT2D eigenvalue weighted by Gasteiger charge is -2.16. The van der Waals surface area contributed by atoms with Crippen LogP contribution in [0.25, 0.3) is 16.6 Å². The third-order valence-corrected chi connectivity index (χ3v) is 6.89. The summed E-state index contributed by atoms with van der Waals surface area (Å²) in [6.45, 7) is 5.76. The topological polar surface area (TPSA) is 79.3 Å². The molecule has 2 heterocycles. The zero-order valence-electron chi connectivity index (χ0n) is 21.4. The van der Waals surface area contributed by atoms with Crippen molar-refractivity contribution in [1.82, 2.24) is 14.5 Å². The number of hydrogen-bond donors (Lipinski definition) is 2. The Labute approximate surface area is 223 Å². The Hall–Kier alpha value is -4.18. The summed E-state index contributed by atoms with van der Waals surface area (Å²) >= 11 is 0. The Morgan fingerprint density at radius 1 is 1.00 bits per heavy atom. The minimum absolute atomic E-state index is 0.124. The molecule has 39 heavy (non-hydrogen) atoms. The minimum atomic E-state index is -4.55. The third-order valence-electron chi connectivity index (χ3n) is 6.89. The van der Waals surface area contributed by atoms with Crippen LogP contribution in [0.1, 0.15) is 34.3 Å². The summed E-state index contributed by atoms with van der Waals surface area (Å²) in [5.41, 5.74) is 1.69. The van der Waals surface area contributed by atoms with Crippen LogP contribution in [0.5, 0.6) is 0 Å². The molecule has 1 aliphatic heterocycles. The Balaban J connectivity index is 1.39. The molecule has 3 aromatic carbocycles. The quantitative estimate of drug-likeness (QED) is 0.328. The van der Waals surface area contributed by atoms with Gasteiger partial charge < -0.3 is 15.5 Å². The van der Waals surface area contributed by atoms with E-state index in [-0.39, 0.29) is 11.1 Å². The molecule has 2 N–H and O–H groups in total. The maximum atomic E-state index is 13.5. The van der Waals surface area contributed by atoms with E-state index in [9.17, 15) is 22.8 Å². The Morgan fingerprint density at radius 3 is 2.54 bits per heavy atom. The molecule has 0 radical (unpaired) electrons. The molecular formula is C29H28F3N5O2. The summed E-state index contributed by atoms with van der Waals surface area (Å²) < 4.78 is 40.6. The molecule has 0 atom stereocenters. The predicted molar refractivity (Wildman–Crippen MR) is 146 cm³/mol. The lowest BCUT2D eigenvalue weighted by molar-refractivity contribution is -0.137. The fourth-order valence-electron chi connectivity index (χ4n) is 4.75. The summed E-state index contributed by atoms with van der Waals surface area (Å²) in [6, 6.07) is 14.7. The molecule has 0 saturated carbocycles. The normalized spacial score (nSPS) is 14.1. The monoisotopic (exact) mass is 535 g/mol. The van der Waals surface area contributed by atoms with Crippen molar-refractivity contribution in [1.29, 1.82) is 0 Å². The van der Waals surface area contributed by atoms with E-state index < -0.39 is 17.6 Å². The van der Waals surface area contributed by atoms with Gasteiger partial charge in [-0.25, -0.2) is 4.98 Å². The van der Waals surface area contributed by atoms with Crippen LogP contribution >= 0.6 is 0 Å². The Kier molecular flexibility index (Phi) is 7.38. The third kappa shape index (κ3) is 5.96.